The van der Waals surface area contributed by atoms with E-state index in [4.69, 9.17) is 9.47 Å². The monoisotopic (exact) mass is 400 g/mol. The lowest BCUT2D eigenvalue weighted by Crippen LogP contribution is -2.48. The van der Waals surface area contributed by atoms with Gasteiger partial charge in [-0.3, -0.25) is 9.78 Å². The summed E-state index contributed by atoms with van der Waals surface area (Å²) in [7, 11) is 1.54. The topological polar surface area (TPSA) is 93.7 Å². The molecule has 8 nitrogen and oxygen atoms in total. The highest BCUT2D eigenvalue weighted by atomic mass is 16.6. The molecule has 0 aromatic carbocycles. The molecule has 0 aliphatic carbocycles. The van der Waals surface area contributed by atoms with Gasteiger partial charge in [0.2, 0.25) is 11.8 Å². The van der Waals surface area contributed by atoms with Gasteiger partial charge in [-0.15, -0.1) is 0 Å². The molecule has 1 aliphatic heterocycles. The Hall–Kier alpha value is -2.90. The molecule has 0 bridgehead atoms. The Balaban J connectivity index is 1.70. The van der Waals surface area contributed by atoms with E-state index in [0.29, 0.717) is 48.5 Å². The molecular formula is C21H28N4O4. The highest BCUT2D eigenvalue weighted by Crippen LogP contribution is 2.34. The summed E-state index contributed by atoms with van der Waals surface area (Å²) < 4.78 is 10.6. The molecule has 29 heavy (non-hydrogen) atoms. The van der Waals surface area contributed by atoms with Crippen molar-refractivity contribution in [2.75, 3.05) is 25.5 Å². The van der Waals surface area contributed by atoms with Crippen molar-refractivity contribution in [3.8, 4) is 5.88 Å². The van der Waals surface area contributed by atoms with Crippen LogP contribution in [-0.4, -0.2) is 52.7 Å². The van der Waals surface area contributed by atoms with Crippen molar-refractivity contribution < 1.29 is 19.1 Å². The van der Waals surface area contributed by atoms with Crippen LogP contribution in [-0.2, 0) is 9.53 Å². The van der Waals surface area contributed by atoms with Crippen molar-refractivity contribution in [1.29, 1.82) is 0 Å². The summed E-state index contributed by atoms with van der Waals surface area (Å²) in [4.78, 5) is 35.7. The number of pyridine rings is 2. The number of methoxy groups -OCH3 is 1. The zero-order valence-corrected chi connectivity index (χ0v) is 17.6. The normalized spacial score (nSPS) is 16.4. The average Bonchev–Trinajstić information content (AvgIpc) is 2.67. The van der Waals surface area contributed by atoms with E-state index < -0.39 is 11.0 Å². The standard InChI is InChI=1S/C21H28N4O4/c1-20(2,3)29-19(27)25-12-9-21(4,10-13-25)18(26)23-15-8-11-22-14-6-7-16(28-5)24-17(14)15/h6-8,11H,9-10,12-13H2,1-5H3,(H,22,23,26). The van der Waals surface area contributed by atoms with Crippen LogP contribution in [0, 0.1) is 5.41 Å². The lowest BCUT2D eigenvalue weighted by molar-refractivity contribution is -0.127. The number of fused-ring (bicyclic) bond motifs is 1. The van der Waals surface area contributed by atoms with Crippen LogP contribution in [0.2, 0.25) is 0 Å². The minimum Gasteiger partial charge on any atom is -0.481 e. The lowest BCUT2D eigenvalue weighted by Gasteiger charge is -2.38. The molecular weight excluding hydrogens is 372 g/mol. The van der Waals surface area contributed by atoms with Gasteiger partial charge in [0.15, 0.2) is 0 Å². The van der Waals surface area contributed by atoms with Gasteiger partial charge in [0, 0.05) is 25.4 Å². The number of carbonyl (C=O) groups is 2. The van der Waals surface area contributed by atoms with E-state index in [1.54, 1.807) is 36.4 Å². The van der Waals surface area contributed by atoms with Crippen molar-refractivity contribution in [3.63, 3.8) is 0 Å². The molecule has 1 fully saturated rings. The molecule has 1 N–H and O–H groups in total. The number of hydrogen-bond acceptors (Lipinski definition) is 6. The Bertz CT molecular complexity index is 915. The van der Waals surface area contributed by atoms with E-state index in [1.165, 1.54) is 0 Å². The van der Waals surface area contributed by atoms with Crippen LogP contribution in [0.3, 0.4) is 0 Å². The molecule has 0 unspecified atom stereocenters. The van der Waals surface area contributed by atoms with E-state index in [2.05, 4.69) is 15.3 Å². The maximum absolute atomic E-state index is 13.1. The summed E-state index contributed by atoms with van der Waals surface area (Å²) >= 11 is 0. The number of ether oxygens (including phenoxy) is 2. The van der Waals surface area contributed by atoms with Crippen LogP contribution in [0.4, 0.5) is 10.5 Å². The number of nitrogens with one attached hydrogen (secondary N) is 1. The molecule has 3 heterocycles. The van der Waals surface area contributed by atoms with E-state index in [1.807, 2.05) is 27.7 Å². The Morgan fingerprint density at radius 1 is 1.17 bits per heavy atom. The first kappa shape index (κ1) is 20.8. The first-order valence-corrected chi connectivity index (χ1v) is 9.70. The Labute approximate surface area is 170 Å². The van der Waals surface area contributed by atoms with Gasteiger partial charge < -0.3 is 19.7 Å². The molecule has 1 aliphatic rings. The first-order valence-electron chi connectivity index (χ1n) is 9.70. The molecule has 8 heteroatoms. The fourth-order valence-electron chi connectivity index (χ4n) is 3.23. The minimum absolute atomic E-state index is 0.0986. The molecule has 1 saturated heterocycles. The third kappa shape index (κ3) is 4.75. The Kier molecular flexibility index (Phi) is 5.64. The van der Waals surface area contributed by atoms with Crippen LogP contribution < -0.4 is 10.1 Å². The van der Waals surface area contributed by atoms with Crippen LogP contribution in [0.5, 0.6) is 5.88 Å². The highest BCUT2D eigenvalue weighted by molar-refractivity contribution is 6.01. The van der Waals surface area contributed by atoms with Gasteiger partial charge in [-0.1, -0.05) is 6.92 Å². The minimum atomic E-state index is -0.590. The SMILES string of the molecule is COc1ccc2nccc(NC(=O)C3(C)CCN(C(=O)OC(C)(C)C)CC3)c2n1. The number of piperidine rings is 1. The van der Waals surface area contributed by atoms with E-state index >= 15 is 0 Å². The number of rotatable bonds is 3. The number of aromatic nitrogens is 2. The Morgan fingerprint density at radius 2 is 1.86 bits per heavy atom. The van der Waals surface area contributed by atoms with E-state index in [-0.39, 0.29) is 12.0 Å². The molecule has 0 radical (unpaired) electrons. The van der Waals surface area contributed by atoms with Gasteiger partial charge in [-0.2, -0.15) is 0 Å². The fraction of sp³-hybridized carbons (Fsp3) is 0.524. The zero-order chi connectivity index (χ0) is 21.2. The van der Waals surface area contributed by atoms with Crippen LogP contribution in [0.1, 0.15) is 40.5 Å². The van der Waals surface area contributed by atoms with Gasteiger partial charge in [-0.25, -0.2) is 9.78 Å². The smallest absolute Gasteiger partial charge is 0.410 e. The second kappa shape index (κ2) is 7.85. The number of anilines is 1. The maximum Gasteiger partial charge on any atom is 0.410 e. The van der Waals surface area contributed by atoms with Crippen molar-refractivity contribution in [3.05, 3.63) is 24.4 Å². The van der Waals surface area contributed by atoms with E-state index in [0.717, 1.165) is 0 Å². The van der Waals surface area contributed by atoms with Crippen LogP contribution >= 0.6 is 0 Å². The number of carbonyl (C=O) groups excluding carboxylic acids is 2. The molecule has 2 amide bonds. The Morgan fingerprint density at radius 3 is 2.48 bits per heavy atom. The largest absolute Gasteiger partial charge is 0.481 e. The van der Waals surface area contributed by atoms with Crippen molar-refractivity contribution in [2.24, 2.45) is 5.41 Å². The van der Waals surface area contributed by atoms with Crippen molar-refractivity contribution in [2.45, 2.75) is 46.1 Å². The van der Waals surface area contributed by atoms with Crippen LogP contribution in [0.15, 0.2) is 24.4 Å². The molecule has 2 aromatic heterocycles. The number of hydrogen-bond donors (Lipinski definition) is 1. The molecule has 3 rings (SSSR count). The summed E-state index contributed by atoms with van der Waals surface area (Å²) in [5, 5.41) is 3.00. The molecule has 0 spiro atoms. The molecule has 0 atom stereocenters. The van der Waals surface area contributed by atoms with Crippen LogP contribution in [0.25, 0.3) is 11.0 Å². The molecule has 156 valence electrons. The molecule has 0 saturated carbocycles. The second-order valence-electron chi connectivity index (χ2n) is 8.56. The fourth-order valence-corrected chi connectivity index (χ4v) is 3.23. The quantitative estimate of drug-likeness (QED) is 0.846. The summed E-state index contributed by atoms with van der Waals surface area (Å²) in [6.07, 6.45) is 2.41. The summed E-state index contributed by atoms with van der Waals surface area (Å²) in [5.74, 6) is 0.358. The van der Waals surface area contributed by atoms with Crippen molar-refractivity contribution >= 4 is 28.7 Å². The summed E-state index contributed by atoms with van der Waals surface area (Å²) in [6, 6.07) is 5.26. The van der Waals surface area contributed by atoms with Gasteiger partial charge >= 0.3 is 6.09 Å². The summed E-state index contributed by atoms with van der Waals surface area (Å²) in [5.41, 5.74) is 0.719. The summed E-state index contributed by atoms with van der Waals surface area (Å²) in [6.45, 7) is 8.40. The number of amides is 2. The van der Waals surface area contributed by atoms with Gasteiger partial charge in [-0.05, 0) is 45.7 Å². The van der Waals surface area contributed by atoms with E-state index in [9.17, 15) is 9.59 Å². The van der Waals surface area contributed by atoms with Gasteiger partial charge in [0.25, 0.3) is 0 Å². The zero-order valence-electron chi connectivity index (χ0n) is 17.6. The predicted molar refractivity (Wildman–Crippen MR) is 110 cm³/mol. The lowest BCUT2D eigenvalue weighted by atomic mass is 9.79. The first-order chi connectivity index (χ1) is 13.6. The highest BCUT2D eigenvalue weighted by Gasteiger charge is 2.39. The molecule has 2 aromatic rings. The number of nitrogens with zero attached hydrogens (tertiary/aromatic N) is 3. The third-order valence-electron chi connectivity index (χ3n) is 5.08. The second-order valence-corrected chi connectivity index (χ2v) is 8.56. The van der Waals surface area contributed by atoms with Crippen molar-refractivity contribution in [1.82, 2.24) is 14.9 Å². The average molecular weight is 400 g/mol. The number of likely N-dealkylation sites (tertiary alicyclic amines) is 1. The van der Waals surface area contributed by atoms with Gasteiger partial charge in [0.05, 0.1) is 23.7 Å². The predicted octanol–water partition coefficient (Wildman–Crippen LogP) is 3.61. The van der Waals surface area contributed by atoms with Gasteiger partial charge in [0.1, 0.15) is 11.1 Å². The maximum atomic E-state index is 13.1. The third-order valence-corrected chi connectivity index (χ3v) is 5.08.